The number of likely N-dealkylation sites (tertiary alicyclic amines) is 1. The van der Waals surface area contributed by atoms with E-state index in [1.807, 2.05) is 13.8 Å². The Bertz CT molecular complexity index is 256. The van der Waals surface area contributed by atoms with Crippen LogP contribution in [-0.2, 0) is 9.47 Å². The van der Waals surface area contributed by atoms with Gasteiger partial charge in [-0.15, -0.1) is 0 Å². The third kappa shape index (κ3) is 4.69. The first kappa shape index (κ1) is 16.2. The van der Waals surface area contributed by atoms with E-state index in [2.05, 4.69) is 10.2 Å². The average molecular weight is 284 g/mol. The number of hydrogen-bond donors (Lipinski definition) is 1. The topological polar surface area (TPSA) is 33.7 Å². The van der Waals surface area contributed by atoms with E-state index in [1.165, 1.54) is 51.9 Å². The lowest BCUT2D eigenvalue weighted by Crippen LogP contribution is -2.51. The van der Waals surface area contributed by atoms with Gasteiger partial charge in [-0.1, -0.05) is 0 Å². The molecule has 2 saturated heterocycles. The van der Waals surface area contributed by atoms with Gasteiger partial charge in [-0.25, -0.2) is 0 Å². The van der Waals surface area contributed by atoms with Crippen molar-refractivity contribution in [1.29, 1.82) is 0 Å². The molecule has 2 aliphatic rings. The van der Waals surface area contributed by atoms with Gasteiger partial charge in [0.25, 0.3) is 0 Å². The Morgan fingerprint density at radius 3 is 2.55 bits per heavy atom. The summed E-state index contributed by atoms with van der Waals surface area (Å²) in [5, 5.41) is 3.60. The first-order chi connectivity index (χ1) is 9.78. The van der Waals surface area contributed by atoms with Crippen molar-refractivity contribution >= 4 is 0 Å². The van der Waals surface area contributed by atoms with Gasteiger partial charge in [0.1, 0.15) is 0 Å². The molecule has 118 valence electrons. The van der Waals surface area contributed by atoms with Gasteiger partial charge in [0.2, 0.25) is 0 Å². The minimum Gasteiger partial charge on any atom is -0.353 e. The van der Waals surface area contributed by atoms with Crippen molar-refractivity contribution in [1.82, 2.24) is 10.2 Å². The van der Waals surface area contributed by atoms with Gasteiger partial charge in [0.15, 0.2) is 6.29 Å². The number of nitrogens with zero attached hydrogens (tertiary/aromatic N) is 1. The van der Waals surface area contributed by atoms with Gasteiger partial charge in [-0.05, 0) is 58.0 Å². The summed E-state index contributed by atoms with van der Waals surface area (Å²) in [6.07, 6.45) is 6.45. The molecule has 0 radical (unpaired) electrons. The fourth-order valence-electron chi connectivity index (χ4n) is 3.75. The van der Waals surface area contributed by atoms with Crippen LogP contribution in [0.4, 0.5) is 0 Å². The van der Waals surface area contributed by atoms with Crippen molar-refractivity contribution in [3.63, 3.8) is 0 Å². The molecule has 0 bridgehead atoms. The molecule has 0 saturated carbocycles. The highest BCUT2D eigenvalue weighted by molar-refractivity contribution is 4.91. The van der Waals surface area contributed by atoms with Crippen LogP contribution in [0.15, 0.2) is 0 Å². The molecule has 2 fully saturated rings. The van der Waals surface area contributed by atoms with Crippen LogP contribution in [0.3, 0.4) is 0 Å². The van der Waals surface area contributed by atoms with E-state index in [0.29, 0.717) is 5.41 Å². The Hall–Kier alpha value is -0.160. The largest absolute Gasteiger partial charge is 0.353 e. The monoisotopic (exact) mass is 284 g/mol. The predicted molar refractivity (Wildman–Crippen MR) is 81.9 cm³/mol. The lowest BCUT2D eigenvalue weighted by molar-refractivity contribution is -0.143. The molecule has 0 aromatic heterocycles. The van der Waals surface area contributed by atoms with E-state index >= 15 is 0 Å². The van der Waals surface area contributed by atoms with Gasteiger partial charge in [-0.2, -0.15) is 0 Å². The maximum Gasteiger partial charge on any atom is 0.158 e. The maximum atomic E-state index is 5.65. The van der Waals surface area contributed by atoms with Gasteiger partial charge in [0.05, 0.1) is 0 Å². The smallest absolute Gasteiger partial charge is 0.158 e. The van der Waals surface area contributed by atoms with Crippen molar-refractivity contribution < 1.29 is 9.47 Å². The van der Waals surface area contributed by atoms with Crippen LogP contribution in [-0.4, -0.2) is 57.1 Å². The van der Waals surface area contributed by atoms with Crippen LogP contribution in [0.2, 0.25) is 0 Å². The summed E-state index contributed by atoms with van der Waals surface area (Å²) >= 11 is 0. The highest BCUT2D eigenvalue weighted by Crippen LogP contribution is 2.35. The quantitative estimate of drug-likeness (QED) is 0.727. The third-order valence-electron chi connectivity index (χ3n) is 4.69. The minimum absolute atomic E-state index is 0.0210. The van der Waals surface area contributed by atoms with E-state index in [-0.39, 0.29) is 6.29 Å². The number of hydrogen-bond acceptors (Lipinski definition) is 4. The van der Waals surface area contributed by atoms with Crippen molar-refractivity contribution in [2.45, 2.75) is 52.2 Å². The van der Waals surface area contributed by atoms with Gasteiger partial charge in [0, 0.05) is 39.3 Å². The number of piperidine rings is 2. The van der Waals surface area contributed by atoms with Gasteiger partial charge < -0.3 is 19.7 Å². The Labute approximate surface area is 124 Å². The lowest BCUT2D eigenvalue weighted by Gasteiger charge is -2.45. The molecular formula is C16H32N2O2. The second kappa shape index (κ2) is 8.32. The molecule has 4 heteroatoms. The van der Waals surface area contributed by atoms with Crippen molar-refractivity contribution in [3.05, 3.63) is 0 Å². The predicted octanol–water partition coefficient (Wildman–Crippen LogP) is 2.24. The summed E-state index contributed by atoms with van der Waals surface area (Å²) in [5.41, 5.74) is 0.545. The highest BCUT2D eigenvalue weighted by Gasteiger charge is 2.36. The zero-order valence-electron chi connectivity index (χ0n) is 13.3. The lowest BCUT2D eigenvalue weighted by atomic mass is 9.74. The first-order valence-corrected chi connectivity index (χ1v) is 8.44. The van der Waals surface area contributed by atoms with Gasteiger partial charge in [-0.3, -0.25) is 0 Å². The Kier molecular flexibility index (Phi) is 6.75. The van der Waals surface area contributed by atoms with Crippen LogP contribution < -0.4 is 5.32 Å². The van der Waals surface area contributed by atoms with Crippen LogP contribution >= 0.6 is 0 Å². The van der Waals surface area contributed by atoms with Gasteiger partial charge >= 0.3 is 0 Å². The van der Waals surface area contributed by atoms with E-state index in [9.17, 15) is 0 Å². The summed E-state index contributed by atoms with van der Waals surface area (Å²) in [7, 11) is 0. The van der Waals surface area contributed by atoms with E-state index in [4.69, 9.17) is 9.47 Å². The summed E-state index contributed by atoms with van der Waals surface area (Å²) in [5.74, 6) is 0. The number of ether oxygens (including phenoxy) is 2. The molecule has 20 heavy (non-hydrogen) atoms. The first-order valence-electron chi connectivity index (χ1n) is 8.44. The summed E-state index contributed by atoms with van der Waals surface area (Å²) in [4.78, 5) is 2.63. The molecule has 2 rings (SSSR count). The molecule has 0 aliphatic carbocycles. The second-order valence-corrected chi connectivity index (χ2v) is 6.29. The molecule has 1 unspecified atom stereocenters. The zero-order valence-corrected chi connectivity index (χ0v) is 13.3. The molecule has 0 aromatic carbocycles. The van der Waals surface area contributed by atoms with Crippen LogP contribution in [0.25, 0.3) is 0 Å². The van der Waals surface area contributed by atoms with Crippen molar-refractivity contribution in [2.24, 2.45) is 5.41 Å². The zero-order chi connectivity index (χ0) is 14.3. The molecule has 1 N–H and O–H groups in total. The molecule has 0 aromatic rings. The molecule has 4 nitrogen and oxygen atoms in total. The molecular weight excluding hydrogens is 252 g/mol. The fourth-order valence-corrected chi connectivity index (χ4v) is 3.75. The molecule has 0 amide bonds. The minimum atomic E-state index is -0.0210. The molecule has 1 atom stereocenters. The van der Waals surface area contributed by atoms with E-state index < -0.39 is 0 Å². The molecule has 2 aliphatic heterocycles. The standard InChI is InChI=1S/C16H32N2O2/c1-3-19-15(20-4-2)7-12-18-11-6-9-16(14-18)8-5-10-17-13-16/h15,17H,3-14H2,1-2H3. The number of rotatable bonds is 7. The van der Waals surface area contributed by atoms with Crippen LogP contribution in [0.5, 0.6) is 0 Å². The molecule has 1 spiro atoms. The SMILES string of the molecule is CCOC(CCN1CCCC2(CCCNC2)C1)OCC. The van der Waals surface area contributed by atoms with Crippen molar-refractivity contribution in [2.75, 3.05) is 45.9 Å². The average Bonchev–Trinajstić information content (AvgIpc) is 2.46. The van der Waals surface area contributed by atoms with Crippen molar-refractivity contribution in [3.8, 4) is 0 Å². The van der Waals surface area contributed by atoms with Crippen LogP contribution in [0.1, 0.15) is 46.0 Å². The Balaban J connectivity index is 1.77. The fraction of sp³-hybridized carbons (Fsp3) is 1.00. The van der Waals surface area contributed by atoms with E-state index in [0.717, 1.165) is 26.2 Å². The Morgan fingerprint density at radius 2 is 1.90 bits per heavy atom. The third-order valence-corrected chi connectivity index (χ3v) is 4.69. The summed E-state index contributed by atoms with van der Waals surface area (Å²) < 4.78 is 11.3. The Morgan fingerprint density at radius 1 is 1.15 bits per heavy atom. The number of nitrogens with one attached hydrogen (secondary N) is 1. The van der Waals surface area contributed by atoms with E-state index in [1.54, 1.807) is 0 Å². The van der Waals surface area contributed by atoms with Crippen LogP contribution in [0, 0.1) is 5.41 Å². The second-order valence-electron chi connectivity index (χ2n) is 6.29. The maximum absolute atomic E-state index is 5.65. The summed E-state index contributed by atoms with van der Waals surface area (Å²) in [6, 6.07) is 0. The molecule has 2 heterocycles. The summed E-state index contributed by atoms with van der Waals surface area (Å²) in [6.45, 7) is 11.6. The highest BCUT2D eigenvalue weighted by atomic mass is 16.7. The normalized spacial score (nSPS) is 28.4.